The average molecular weight is 195 g/mol. The lowest BCUT2D eigenvalue weighted by molar-refractivity contribution is -0.139. The Bertz CT molecular complexity index is 256. The van der Waals surface area contributed by atoms with Gasteiger partial charge < -0.3 is 4.74 Å². The van der Waals surface area contributed by atoms with E-state index in [-0.39, 0.29) is 12.0 Å². The van der Waals surface area contributed by atoms with Crippen molar-refractivity contribution < 1.29 is 9.53 Å². The highest BCUT2D eigenvalue weighted by Gasteiger charge is 2.33. The van der Waals surface area contributed by atoms with Gasteiger partial charge in [-0.3, -0.25) is 4.99 Å². The number of aliphatic imine (C=N–C) groups is 1. The van der Waals surface area contributed by atoms with E-state index in [1.807, 2.05) is 6.08 Å². The van der Waals surface area contributed by atoms with Crippen molar-refractivity contribution in [1.82, 2.24) is 0 Å². The quantitative estimate of drug-likeness (QED) is 0.481. The summed E-state index contributed by atoms with van der Waals surface area (Å²) < 4.78 is 4.56. The van der Waals surface area contributed by atoms with Crippen LogP contribution in [0.25, 0.3) is 0 Å². The standard InChI is InChI=1S/C11H17NO2/c1-3-4-5-6-7-8-9-10(12-9)11(13)14-2/h7-8,10H,3-6H2,1-2H3/b8-7-/t10-/m1/s1. The third-order valence-electron chi connectivity index (χ3n) is 2.18. The summed E-state index contributed by atoms with van der Waals surface area (Å²) >= 11 is 0. The summed E-state index contributed by atoms with van der Waals surface area (Å²) in [7, 11) is 1.39. The average Bonchev–Trinajstić information content (AvgIpc) is 2.96. The molecule has 0 saturated heterocycles. The summed E-state index contributed by atoms with van der Waals surface area (Å²) in [5.41, 5.74) is 0.855. The van der Waals surface area contributed by atoms with E-state index in [9.17, 15) is 4.79 Å². The zero-order valence-electron chi connectivity index (χ0n) is 8.82. The number of nitrogens with zero attached hydrogens (tertiary/aromatic N) is 1. The smallest absolute Gasteiger partial charge is 0.336 e. The fourth-order valence-electron chi connectivity index (χ4n) is 1.25. The molecule has 0 aromatic rings. The van der Waals surface area contributed by atoms with Gasteiger partial charge in [0, 0.05) is 0 Å². The van der Waals surface area contributed by atoms with Crippen LogP contribution in [0.5, 0.6) is 0 Å². The van der Waals surface area contributed by atoms with Crippen LogP contribution >= 0.6 is 0 Å². The van der Waals surface area contributed by atoms with Crippen molar-refractivity contribution in [3.63, 3.8) is 0 Å². The number of ether oxygens (including phenoxy) is 1. The third-order valence-corrected chi connectivity index (χ3v) is 2.18. The van der Waals surface area contributed by atoms with Crippen LogP contribution in [0.1, 0.15) is 32.6 Å². The summed E-state index contributed by atoms with van der Waals surface area (Å²) in [4.78, 5) is 14.9. The molecule has 0 fully saturated rings. The Labute approximate surface area is 84.9 Å². The van der Waals surface area contributed by atoms with Crippen molar-refractivity contribution in [2.75, 3.05) is 7.11 Å². The second-order valence-electron chi connectivity index (χ2n) is 3.38. The van der Waals surface area contributed by atoms with Gasteiger partial charge >= 0.3 is 5.97 Å². The van der Waals surface area contributed by atoms with Crippen molar-refractivity contribution in [2.45, 2.75) is 38.6 Å². The summed E-state index contributed by atoms with van der Waals surface area (Å²) in [5.74, 6) is -0.252. The van der Waals surface area contributed by atoms with E-state index < -0.39 is 0 Å². The lowest BCUT2D eigenvalue weighted by Crippen LogP contribution is -2.12. The first-order chi connectivity index (χ1) is 6.79. The van der Waals surface area contributed by atoms with Crippen LogP contribution < -0.4 is 0 Å². The molecule has 1 aliphatic rings. The molecule has 0 bridgehead atoms. The lowest BCUT2D eigenvalue weighted by Gasteiger charge is -1.92. The van der Waals surface area contributed by atoms with E-state index in [0.29, 0.717) is 0 Å². The first-order valence-corrected chi connectivity index (χ1v) is 5.11. The van der Waals surface area contributed by atoms with E-state index in [1.54, 1.807) is 0 Å². The normalized spacial score (nSPS) is 19.6. The fraction of sp³-hybridized carbons (Fsp3) is 0.636. The van der Waals surface area contributed by atoms with Crippen molar-refractivity contribution in [3.8, 4) is 0 Å². The molecule has 0 saturated carbocycles. The Morgan fingerprint density at radius 2 is 2.36 bits per heavy atom. The highest BCUT2D eigenvalue weighted by molar-refractivity contribution is 6.21. The number of hydrogen-bond acceptors (Lipinski definition) is 3. The highest BCUT2D eigenvalue weighted by Crippen LogP contribution is 2.15. The van der Waals surface area contributed by atoms with E-state index in [1.165, 1.54) is 26.4 Å². The second kappa shape index (κ2) is 5.58. The van der Waals surface area contributed by atoms with Crippen LogP contribution in [0, 0.1) is 0 Å². The van der Waals surface area contributed by atoms with Gasteiger partial charge in [0.15, 0.2) is 6.04 Å². The van der Waals surface area contributed by atoms with Gasteiger partial charge in [-0.05, 0) is 18.9 Å². The predicted octanol–water partition coefficient (Wildman–Crippen LogP) is 2.12. The molecule has 14 heavy (non-hydrogen) atoms. The van der Waals surface area contributed by atoms with Gasteiger partial charge in [0.2, 0.25) is 0 Å². The lowest BCUT2D eigenvalue weighted by atomic mass is 10.2. The summed E-state index contributed by atoms with van der Waals surface area (Å²) in [6.07, 6.45) is 8.79. The molecule has 0 aliphatic carbocycles. The van der Waals surface area contributed by atoms with Crippen molar-refractivity contribution in [1.29, 1.82) is 0 Å². The van der Waals surface area contributed by atoms with Crippen LogP contribution in [0.3, 0.4) is 0 Å². The summed E-state index contributed by atoms with van der Waals surface area (Å²) in [6, 6.07) is -0.303. The van der Waals surface area contributed by atoms with Gasteiger partial charge in [0.1, 0.15) is 0 Å². The SMILES string of the molecule is CCCCC/C=C\C1=N[C@H]1C(=O)OC. The minimum absolute atomic E-state index is 0.252. The van der Waals surface area contributed by atoms with Crippen LogP contribution in [-0.4, -0.2) is 24.8 Å². The van der Waals surface area contributed by atoms with Gasteiger partial charge in [-0.25, -0.2) is 4.79 Å². The van der Waals surface area contributed by atoms with Crippen LogP contribution in [0.15, 0.2) is 17.1 Å². The Kier molecular flexibility index (Phi) is 4.36. The Morgan fingerprint density at radius 3 is 3.00 bits per heavy atom. The Balaban J connectivity index is 2.09. The molecule has 1 heterocycles. The van der Waals surface area contributed by atoms with Crippen LogP contribution in [-0.2, 0) is 9.53 Å². The number of allylic oxidation sites excluding steroid dienone is 1. The number of carbonyl (C=O) groups excluding carboxylic acids is 1. The molecule has 0 aromatic heterocycles. The van der Waals surface area contributed by atoms with Gasteiger partial charge in [-0.1, -0.05) is 25.8 Å². The summed E-state index contributed by atoms with van der Waals surface area (Å²) in [5, 5.41) is 0. The van der Waals surface area contributed by atoms with E-state index in [0.717, 1.165) is 12.1 Å². The number of carbonyl (C=O) groups is 1. The fourth-order valence-corrected chi connectivity index (χ4v) is 1.25. The molecule has 78 valence electrons. The minimum Gasteiger partial charge on any atom is -0.467 e. The first-order valence-electron chi connectivity index (χ1n) is 5.11. The third kappa shape index (κ3) is 3.32. The maximum atomic E-state index is 10.9. The number of unbranched alkanes of at least 4 members (excludes halogenated alkanes) is 3. The molecule has 0 aromatic carbocycles. The molecule has 0 radical (unpaired) electrons. The largest absolute Gasteiger partial charge is 0.467 e. The molecular formula is C11H17NO2. The highest BCUT2D eigenvalue weighted by atomic mass is 16.5. The number of methoxy groups -OCH3 is 1. The monoisotopic (exact) mass is 195 g/mol. The van der Waals surface area contributed by atoms with Crippen LogP contribution in [0.2, 0.25) is 0 Å². The second-order valence-corrected chi connectivity index (χ2v) is 3.38. The molecule has 0 N–H and O–H groups in total. The zero-order valence-corrected chi connectivity index (χ0v) is 8.82. The van der Waals surface area contributed by atoms with Gasteiger partial charge in [-0.15, -0.1) is 0 Å². The molecule has 3 nitrogen and oxygen atoms in total. The molecule has 3 heteroatoms. The topological polar surface area (TPSA) is 38.7 Å². The maximum Gasteiger partial charge on any atom is 0.336 e. The molecule has 1 rings (SSSR count). The molecule has 1 aliphatic heterocycles. The van der Waals surface area contributed by atoms with E-state index in [4.69, 9.17) is 0 Å². The zero-order chi connectivity index (χ0) is 10.4. The first kappa shape index (κ1) is 11.0. The Hall–Kier alpha value is -1.12. The minimum atomic E-state index is -0.303. The number of esters is 1. The maximum absolute atomic E-state index is 10.9. The van der Waals surface area contributed by atoms with Gasteiger partial charge in [0.25, 0.3) is 0 Å². The van der Waals surface area contributed by atoms with Gasteiger partial charge in [0.05, 0.1) is 12.8 Å². The molecule has 1 atom stereocenters. The van der Waals surface area contributed by atoms with E-state index in [2.05, 4.69) is 22.7 Å². The summed E-state index contributed by atoms with van der Waals surface area (Å²) in [6.45, 7) is 2.18. The van der Waals surface area contributed by atoms with Crippen molar-refractivity contribution in [2.24, 2.45) is 4.99 Å². The number of rotatable bonds is 6. The van der Waals surface area contributed by atoms with Crippen LogP contribution in [0.4, 0.5) is 0 Å². The van der Waals surface area contributed by atoms with Crippen molar-refractivity contribution in [3.05, 3.63) is 12.2 Å². The molecule has 0 spiro atoms. The molecular weight excluding hydrogens is 178 g/mol. The predicted molar refractivity (Wildman–Crippen MR) is 56.5 cm³/mol. The molecule has 0 amide bonds. The van der Waals surface area contributed by atoms with Crippen molar-refractivity contribution >= 4 is 11.7 Å². The van der Waals surface area contributed by atoms with Gasteiger partial charge in [-0.2, -0.15) is 0 Å². The number of hydrogen-bond donors (Lipinski definition) is 0. The van der Waals surface area contributed by atoms with E-state index >= 15 is 0 Å². The molecule has 0 unspecified atom stereocenters. The Morgan fingerprint density at radius 1 is 1.57 bits per heavy atom.